The first-order valence-corrected chi connectivity index (χ1v) is 14.8. The zero-order chi connectivity index (χ0) is 24.0. The van der Waals surface area contributed by atoms with Gasteiger partial charge in [-0.2, -0.15) is 0 Å². The number of benzene rings is 1. The van der Waals surface area contributed by atoms with E-state index < -0.39 is 19.5 Å². The number of carbonyl (C=O) groups excluding carboxylic acids is 1. The summed E-state index contributed by atoms with van der Waals surface area (Å²) >= 11 is 6.02. The fourth-order valence-corrected chi connectivity index (χ4v) is 5.54. The lowest BCUT2D eigenvalue weighted by atomic mass is 9.83. The smallest absolute Gasteiger partial charge is 0.412 e. The van der Waals surface area contributed by atoms with E-state index in [1.165, 1.54) is 0 Å². The van der Waals surface area contributed by atoms with Crippen molar-refractivity contribution >= 4 is 26.0 Å². The molecule has 6 heteroatoms. The molecule has 0 unspecified atom stereocenters. The molecule has 0 atom stereocenters. The highest BCUT2D eigenvalue weighted by atomic mass is 35.5. The van der Waals surface area contributed by atoms with Crippen LogP contribution in [-0.2, 0) is 9.16 Å². The quantitative estimate of drug-likeness (QED) is 0.348. The maximum absolute atomic E-state index is 13.5. The topological polar surface area (TPSA) is 38.8 Å². The van der Waals surface area contributed by atoms with Gasteiger partial charge in [-0.25, -0.2) is 4.79 Å². The van der Waals surface area contributed by atoms with Crippen LogP contribution in [0.15, 0.2) is 24.3 Å². The van der Waals surface area contributed by atoms with E-state index in [1.807, 2.05) is 49.9 Å². The molecule has 2 heterocycles. The number of fused-ring (bicyclic) bond motifs is 2. The van der Waals surface area contributed by atoms with Crippen molar-refractivity contribution in [3.8, 4) is 11.8 Å². The van der Waals surface area contributed by atoms with Gasteiger partial charge in [0.1, 0.15) is 11.1 Å². The summed E-state index contributed by atoms with van der Waals surface area (Å²) in [4.78, 5) is 15.4. The number of amides is 1. The molecule has 2 bridgehead atoms. The number of carbonyl (C=O) groups is 1. The van der Waals surface area contributed by atoms with Crippen LogP contribution in [-0.4, -0.2) is 42.6 Å². The van der Waals surface area contributed by atoms with Crippen LogP contribution in [0.4, 0.5) is 4.79 Å². The highest BCUT2D eigenvalue weighted by Gasteiger charge is 2.63. The van der Waals surface area contributed by atoms with Crippen molar-refractivity contribution in [1.29, 1.82) is 0 Å². The second-order valence-electron chi connectivity index (χ2n) is 11.9. The Labute approximate surface area is 200 Å². The van der Waals surface area contributed by atoms with E-state index in [2.05, 4.69) is 45.7 Å². The van der Waals surface area contributed by atoms with E-state index in [0.717, 1.165) is 31.2 Å². The van der Waals surface area contributed by atoms with Gasteiger partial charge in [-0.15, -0.1) is 0 Å². The highest BCUT2D eigenvalue weighted by Crippen LogP contribution is 2.54. The first-order chi connectivity index (χ1) is 14.6. The summed E-state index contributed by atoms with van der Waals surface area (Å²) in [6.07, 6.45) is 3.17. The summed E-state index contributed by atoms with van der Waals surface area (Å²) in [7, 11) is -1.96. The molecule has 0 spiro atoms. The Balaban J connectivity index is 1.93. The molecular weight excluding hydrogens is 438 g/mol. The Kier molecular flexibility index (Phi) is 6.59. The number of hydrogen-bond donors (Lipinski definition) is 0. The second kappa shape index (κ2) is 8.38. The lowest BCUT2D eigenvalue weighted by molar-refractivity contribution is -0.00574. The third kappa shape index (κ3) is 5.03. The molecule has 0 N–H and O–H groups in total. The van der Waals surface area contributed by atoms with Crippen molar-refractivity contribution in [3.05, 3.63) is 34.9 Å². The van der Waals surface area contributed by atoms with Gasteiger partial charge in [-0.3, -0.25) is 4.90 Å². The molecule has 2 aliphatic heterocycles. The number of halogens is 1. The zero-order valence-electron chi connectivity index (χ0n) is 20.9. The molecule has 0 aliphatic carbocycles. The number of rotatable bonds is 3. The van der Waals surface area contributed by atoms with Crippen LogP contribution in [0.25, 0.3) is 0 Å². The minimum absolute atomic E-state index is 0.114. The van der Waals surface area contributed by atoms with Crippen LogP contribution in [0.1, 0.15) is 72.8 Å². The summed E-state index contributed by atoms with van der Waals surface area (Å²) in [5.74, 6) is 6.78. The lowest BCUT2D eigenvalue weighted by Crippen LogP contribution is -2.55. The van der Waals surface area contributed by atoms with Crippen molar-refractivity contribution in [3.63, 3.8) is 0 Å². The Morgan fingerprint density at radius 3 is 2.12 bits per heavy atom. The maximum Gasteiger partial charge on any atom is 0.412 e. The summed E-state index contributed by atoms with van der Waals surface area (Å²) < 4.78 is 12.5. The molecular formula is C26H38ClNO3Si. The molecule has 0 radical (unpaired) electrons. The van der Waals surface area contributed by atoms with Crippen LogP contribution < -0.4 is 0 Å². The minimum atomic E-state index is -1.96. The second-order valence-corrected chi connectivity index (χ2v) is 17.1. The predicted octanol–water partition coefficient (Wildman–Crippen LogP) is 7.02. The van der Waals surface area contributed by atoms with Crippen LogP contribution in [0.5, 0.6) is 0 Å². The van der Waals surface area contributed by atoms with Crippen LogP contribution in [0, 0.1) is 11.8 Å². The molecule has 2 aliphatic rings. The van der Waals surface area contributed by atoms with Crippen LogP contribution >= 0.6 is 11.6 Å². The van der Waals surface area contributed by atoms with Gasteiger partial charge >= 0.3 is 6.09 Å². The Bertz CT molecular complexity index is 908. The molecule has 0 saturated carbocycles. The normalized spacial score (nSPS) is 25.5. The predicted molar refractivity (Wildman–Crippen MR) is 133 cm³/mol. The summed E-state index contributed by atoms with van der Waals surface area (Å²) in [5.41, 5.74) is -0.536. The molecule has 4 nitrogen and oxygen atoms in total. The summed E-state index contributed by atoms with van der Waals surface area (Å²) in [6, 6.07) is 7.52. The van der Waals surface area contributed by atoms with E-state index in [0.29, 0.717) is 11.6 Å². The summed E-state index contributed by atoms with van der Waals surface area (Å²) in [5, 5.41) is 0.802. The van der Waals surface area contributed by atoms with Gasteiger partial charge in [0, 0.05) is 10.6 Å². The Morgan fingerprint density at radius 2 is 1.62 bits per heavy atom. The van der Waals surface area contributed by atoms with Crippen LogP contribution in [0.3, 0.4) is 0 Å². The average molecular weight is 476 g/mol. The molecule has 1 aromatic rings. The molecule has 3 rings (SSSR count). The van der Waals surface area contributed by atoms with Crippen molar-refractivity contribution in [1.82, 2.24) is 4.90 Å². The fourth-order valence-electron chi connectivity index (χ4n) is 4.35. The van der Waals surface area contributed by atoms with E-state index in [4.69, 9.17) is 20.8 Å². The Morgan fingerprint density at radius 1 is 1.06 bits per heavy atom. The van der Waals surface area contributed by atoms with Crippen molar-refractivity contribution in [2.45, 2.75) is 102 Å². The van der Waals surface area contributed by atoms with Gasteiger partial charge in [-0.05, 0) is 88.9 Å². The molecule has 0 aromatic heterocycles. The fraction of sp³-hybridized carbons (Fsp3) is 0.654. The van der Waals surface area contributed by atoms with E-state index in [1.54, 1.807) is 0 Å². The molecule has 176 valence electrons. The number of ether oxygens (including phenoxy) is 1. The monoisotopic (exact) mass is 475 g/mol. The zero-order valence-corrected chi connectivity index (χ0v) is 22.7. The first kappa shape index (κ1) is 25.1. The van der Waals surface area contributed by atoms with E-state index in [9.17, 15) is 4.79 Å². The van der Waals surface area contributed by atoms with Gasteiger partial charge < -0.3 is 9.16 Å². The number of nitrogens with zero attached hydrogens (tertiary/aromatic N) is 1. The van der Waals surface area contributed by atoms with E-state index in [-0.39, 0.29) is 16.7 Å². The molecule has 32 heavy (non-hydrogen) atoms. The van der Waals surface area contributed by atoms with Gasteiger partial charge in [-0.1, -0.05) is 44.2 Å². The maximum atomic E-state index is 13.5. The standard InChI is InChI=1S/C26H38ClNO3Si/c1-23(2,3)31-22(29)28-25(14-13-20-9-11-21(27)12-10-20)15-17-26(28,18-16-25)19-30-32(7,8)24(4,5)6/h9-12H,15-19H2,1-8H3. The van der Waals surface area contributed by atoms with Gasteiger partial charge in [0.25, 0.3) is 0 Å². The average Bonchev–Trinajstić information content (AvgIpc) is 3.15. The van der Waals surface area contributed by atoms with Crippen molar-refractivity contribution in [2.75, 3.05) is 6.61 Å². The molecule has 2 saturated heterocycles. The molecule has 1 amide bonds. The van der Waals surface area contributed by atoms with E-state index >= 15 is 0 Å². The van der Waals surface area contributed by atoms with Gasteiger partial charge in [0.2, 0.25) is 0 Å². The minimum Gasteiger partial charge on any atom is -0.444 e. The number of hydrogen-bond acceptors (Lipinski definition) is 3. The van der Waals surface area contributed by atoms with Gasteiger partial charge in [0.15, 0.2) is 8.32 Å². The molecule has 2 fully saturated rings. The highest BCUT2D eigenvalue weighted by molar-refractivity contribution is 6.74. The SMILES string of the molecule is CC(C)(C)OC(=O)N1C2(C#Cc3ccc(Cl)cc3)CCC1(CO[Si](C)(C)C(C)(C)C)CC2. The summed E-state index contributed by atoms with van der Waals surface area (Å²) in [6.45, 7) is 17.5. The van der Waals surface area contributed by atoms with Crippen molar-refractivity contribution < 1.29 is 14.0 Å². The largest absolute Gasteiger partial charge is 0.444 e. The van der Waals surface area contributed by atoms with Gasteiger partial charge in [0.05, 0.1) is 12.1 Å². The first-order valence-electron chi connectivity index (χ1n) is 11.6. The third-order valence-electron chi connectivity index (χ3n) is 7.28. The third-order valence-corrected chi connectivity index (χ3v) is 12.0. The lowest BCUT2D eigenvalue weighted by Gasteiger charge is -2.42. The van der Waals surface area contributed by atoms with Crippen LogP contribution in [0.2, 0.25) is 23.2 Å². The Hall–Kier alpha value is -1.48. The van der Waals surface area contributed by atoms with Crippen molar-refractivity contribution in [2.24, 2.45) is 0 Å². The molecule has 1 aromatic carbocycles.